The fraction of sp³-hybridized carbons (Fsp3) is 0.353. The Balaban J connectivity index is 1.72. The highest BCUT2D eigenvalue weighted by molar-refractivity contribution is 7.13. The highest BCUT2D eigenvalue weighted by atomic mass is 32.1. The smallest absolute Gasteiger partial charge is 0.434 e. The summed E-state index contributed by atoms with van der Waals surface area (Å²) in [5, 5.41) is 7.70. The SMILES string of the molecule is COc1cc(C2CNCCO2)cc2ncnc(Nc3nc(C(F)(F)F)cs3)c12. The van der Waals surface area contributed by atoms with Crippen LogP contribution in [0.1, 0.15) is 17.4 Å². The first-order valence-electron chi connectivity index (χ1n) is 8.40. The number of thiazole rings is 1. The zero-order valence-corrected chi connectivity index (χ0v) is 15.5. The van der Waals surface area contributed by atoms with E-state index in [2.05, 4.69) is 25.6 Å². The maximum atomic E-state index is 12.8. The third-order valence-corrected chi connectivity index (χ3v) is 5.02. The highest BCUT2D eigenvalue weighted by Crippen LogP contribution is 2.37. The molecule has 0 bridgehead atoms. The summed E-state index contributed by atoms with van der Waals surface area (Å²) in [6.07, 6.45) is -3.29. The molecule has 2 aromatic heterocycles. The molecule has 1 unspecified atom stereocenters. The van der Waals surface area contributed by atoms with Gasteiger partial charge in [-0.1, -0.05) is 0 Å². The number of anilines is 2. The van der Waals surface area contributed by atoms with Gasteiger partial charge in [0.15, 0.2) is 10.8 Å². The van der Waals surface area contributed by atoms with E-state index in [9.17, 15) is 13.2 Å². The van der Waals surface area contributed by atoms with Crippen molar-refractivity contribution < 1.29 is 22.6 Å². The molecular weight excluding hydrogens is 395 g/mol. The number of aromatic nitrogens is 3. The lowest BCUT2D eigenvalue weighted by atomic mass is 10.0. The van der Waals surface area contributed by atoms with Crippen molar-refractivity contribution in [2.75, 3.05) is 32.1 Å². The summed E-state index contributed by atoms with van der Waals surface area (Å²) in [5.41, 5.74) is 0.540. The standard InChI is InChI=1S/C17H16F3N5O2S/c1-26-11-5-9(12-6-21-2-3-27-12)4-10-14(11)15(23-8-22-10)25-16-24-13(7-28-16)17(18,19)20/h4-5,7-8,12,21H,2-3,6H2,1H3,(H,22,23,24,25). The zero-order valence-electron chi connectivity index (χ0n) is 14.7. The Bertz CT molecular complexity index is 989. The molecule has 2 N–H and O–H groups in total. The van der Waals surface area contributed by atoms with Gasteiger partial charge >= 0.3 is 6.18 Å². The maximum Gasteiger partial charge on any atom is 0.434 e. The van der Waals surface area contributed by atoms with E-state index < -0.39 is 11.9 Å². The molecule has 1 atom stereocenters. The second-order valence-electron chi connectivity index (χ2n) is 6.06. The number of morpholine rings is 1. The summed E-state index contributed by atoms with van der Waals surface area (Å²) in [6.45, 7) is 2.07. The van der Waals surface area contributed by atoms with Crippen molar-refractivity contribution in [3.05, 3.63) is 35.1 Å². The van der Waals surface area contributed by atoms with Crippen LogP contribution in [0.25, 0.3) is 10.9 Å². The third-order valence-electron chi connectivity index (χ3n) is 4.26. The molecule has 1 aromatic carbocycles. The molecule has 1 saturated heterocycles. The van der Waals surface area contributed by atoms with Crippen LogP contribution >= 0.6 is 11.3 Å². The van der Waals surface area contributed by atoms with Crippen molar-refractivity contribution in [1.82, 2.24) is 20.3 Å². The number of ether oxygens (including phenoxy) is 2. The van der Waals surface area contributed by atoms with Gasteiger partial charge in [-0.25, -0.2) is 15.0 Å². The van der Waals surface area contributed by atoms with Crippen LogP contribution in [0.5, 0.6) is 5.75 Å². The Morgan fingerprint density at radius 2 is 2.18 bits per heavy atom. The summed E-state index contributed by atoms with van der Waals surface area (Å²) < 4.78 is 49.6. The summed E-state index contributed by atoms with van der Waals surface area (Å²) in [5.74, 6) is 0.816. The van der Waals surface area contributed by atoms with Gasteiger partial charge in [0.05, 0.1) is 30.7 Å². The van der Waals surface area contributed by atoms with Gasteiger partial charge in [0.2, 0.25) is 0 Å². The highest BCUT2D eigenvalue weighted by Gasteiger charge is 2.34. The largest absolute Gasteiger partial charge is 0.496 e. The van der Waals surface area contributed by atoms with Crippen LogP contribution in [0.4, 0.5) is 24.1 Å². The minimum atomic E-state index is -4.50. The zero-order chi connectivity index (χ0) is 19.7. The van der Waals surface area contributed by atoms with E-state index in [0.29, 0.717) is 35.6 Å². The Morgan fingerprint density at radius 3 is 2.86 bits per heavy atom. The Morgan fingerprint density at radius 1 is 1.32 bits per heavy atom. The maximum absolute atomic E-state index is 12.8. The van der Waals surface area contributed by atoms with Crippen LogP contribution < -0.4 is 15.4 Å². The summed E-state index contributed by atoms with van der Waals surface area (Å²) in [6, 6.07) is 3.70. The van der Waals surface area contributed by atoms with Gasteiger partial charge in [0, 0.05) is 18.5 Å². The van der Waals surface area contributed by atoms with Gasteiger partial charge in [0.1, 0.15) is 17.9 Å². The number of nitrogens with one attached hydrogen (secondary N) is 2. The first-order valence-corrected chi connectivity index (χ1v) is 9.28. The fourth-order valence-corrected chi connectivity index (χ4v) is 3.67. The topological polar surface area (TPSA) is 81.2 Å². The minimum absolute atomic E-state index is 0.0817. The van der Waals surface area contributed by atoms with Gasteiger partial charge in [-0.2, -0.15) is 13.2 Å². The van der Waals surface area contributed by atoms with Gasteiger partial charge in [-0.3, -0.25) is 0 Å². The van der Waals surface area contributed by atoms with E-state index in [1.807, 2.05) is 12.1 Å². The lowest BCUT2D eigenvalue weighted by Crippen LogP contribution is -2.33. The molecule has 0 amide bonds. The average Bonchev–Trinajstić information content (AvgIpc) is 3.17. The van der Waals surface area contributed by atoms with Gasteiger partial charge in [0.25, 0.3) is 0 Å². The molecule has 0 spiro atoms. The van der Waals surface area contributed by atoms with Crippen molar-refractivity contribution in [2.45, 2.75) is 12.3 Å². The van der Waals surface area contributed by atoms with Crippen LogP contribution in [-0.2, 0) is 10.9 Å². The van der Waals surface area contributed by atoms with Gasteiger partial charge < -0.3 is 20.1 Å². The summed E-state index contributed by atoms with van der Waals surface area (Å²) in [7, 11) is 1.51. The summed E-state index contributed by atoms with van der Waals surface area (Å²) >= 11 is 0.847. The van der Waals surface area contributed by atoms with Crippen LogP contribution in [0, 0.1) is 0 Å². The molecule has 0 aliphatic carbocycles. The molecule has 1 fully saturated rings. The van der Waals surface area contributed by atoms with Crippen LogP contribution in [0.2, 0.25) is 0 Å². The van der Waals surface area contributed by atoms with Crippen molar-refractivity contribution in [2.24, 2.45) is 0 Å². The number of nitrogens with zero attached hydrogens (tertiary/aromatic N) is 3. The predicted molar refractivity (Wildman–Crippen MR) is 98.1 cm³/mol. The number of halogens is 3. The summed E-state index contributed by atoms with van der Waals surface area (Å²) in [4.78, 5) is 12.0. The number of alkyl halides is 3. The van der Waals surface area contributed by atoms with E-state index in [-0.39, 0.29) is 11.2 Å². The second kappa shape index (κ2) is 7.49. The lowest BCUT2D eigenvalue weighted by Gasteiger charge is -2.24. The number of methoxy groups -OCH3 is 1. The number of fused-ring (bicyclic) bond motifs is 1. The van der Waals surface area contributed by atoms with E-state index in [1.54, 1.807) is 0 Å². The number of hydrogen-bond donors (Lipinski definition) is 2. The monoisotopic (exact) mass is 411 g/mol. The molecule has 4 rings (SSSR count). The molecular formula is C17H16F3N5O2S. The second-order valence-corrected chi connectivity index (χ2v) is 6.92. The Hall–Kier alpha value is -2.50. The molecule has 148 valence electrons. The van der Waals surface area contributed by atoms with E-state index in [4.69, 9.17) is 9.47 Å². The first kappa shape index (κ1) is 18.8. The van der Waals surface area contributed by atoms with Crippen molar-refractivity contribution in [3.63, 3.8) is 0 Å². The number of rotatable bonds is 4. The van der Waals surface area contributed by atoms with Crippen molar-refractivity contribution in [3.8, 4) is 5.75 Å². The Labute approximate surface area is 161 Å². The molecule has 0 saturated carbocycles. The first-order chi connectivity index (χ1) is 13.5. The van der Waals surface area contributed by atoms with Crippen LogP contribution in [0.3, 0.4) is 0 Å². The molecule has 28 heavy (non-hydrogen) atoms. The fourth-order valence-electron chi connectivity index (χ4n) is 2.96. The van der Waals surface area contributed by atoms with E-state index in [1.165, 1.54) is 13.4 Å². The van der Waals surface area contributed by atoms with Gasteiger partial charge in [-0.15, -0.1) is 11.3 Å². The van der Waals surface area contributed by atoms with Crippen molar-refractivity contribution >= 4 is 33.2 Å². The van der Waals surface area contributed by atoms with Gasteiger partial charge in [-0.05, 0) is 17.7 Å². The molecule has 3 heterocycles. The normalized spacial score (nSPS) is 17.6. The molecule has 1 aliphatic heterocycles. The van der Waals surface area contributed by atoms with Crippen LogP contribution in [-0.4, -0.2) is 41.8 Å². The lowest BCUT2D eigenvalue weighted by molar-refractivity contribution is -0.140. The average molecular weight is 411 g/mol. The minimum Gasteiger partial charge on any atom is -0.496 e. The molecule has 0 radical (unpaired) electrons. The van der Waals surface area contributed by atoms with E-state index in [0.717, 1.165) is 28.8 Å². The molecule has 1 aliphatic rings. The third kappa shape index (κ3) is 3.73. The Kier molecular flexibility index (Phi) is 5.04. The van der Waals surface area contributed by atoms with Crippen molar-refractivity contribution in [1.29, 1.82) is 0 Å². The quantitative estimate of drug-likeness (QED) is 0.680. The molecule has 3 aromatic rings. The number of benzene rings is 1. The van der Waals surface area contributed by atoms with E-state index >= 15 is 0 Å². The molecule has 11 heteroatoms. The number of hydrogen-bond acceptors (Lipinski definition) is 8. The van der Waals surface area contributed by atoms with Crippen LogP contribution in [0.15, 0.2) is 23.8 Å². The predicted octanol–water partition coefficient (Wildman–Crippen LogP) is 3.52. The molecule has 7 nitrogen and oxygen atoms in total.